The summed E-state index contributed by atoms with van der Waals surface area (Å²) >= 11 is 5.41. The molecule has 1 N–H and O–H groups in total. The molecule has 0 heterocycles. The third-order valence-electron chi connectivity index (χ3n) is 2.81. The fraction of sp³-hybridized carbons (Fsp3) is 0.700. The third kappa shape index (κ3) is 2.49. The van der Waals surface area contributed by atoms with Gasteiger partial charge in [0.1, 0.15) is 0 Å². The van der Waals surface area contributed by atoms with Crippen molar-refractivity contribution >= 4 is 17.7 Å². The van der Waals surface area contributed by atoms with Crippen molar-refractivity contribution in [2.75, 3.05) is 13.7 Å². The van der Waals surface area contributed by atoms with Gasteiger partial charge in [0.25, 0.3) is 0 Å². The molecule has 1 unspecified atom stereocenters. The van der Waals surface area contributed by atoms with Crippen LogP contribution in [0, 0.1) is 5.41 Å². The highest BCUT2D eigenvalue weighted by molar-refractivity contribution is 6.13. The van der Waals surface area contributed by atoms with E-state index in [9.17, 15) is 4.79 Å². The molecule has 0 amide bonds. The number of carbonyl (C=O) groups is 1. The SMILES string of the molecule is COC(=O)C1(C)CC=C(CNCl)CC1. The van der Waals surface area contributed by atoms with Gasteiger partial charge in [-0.05, 0) is 38.0 Å². The molecule has 80 valence electrons. The monoisotopic (exact) mass is 217 g/mol. The largest absolute Gasteiger partial charge is 0.469 e. The average Bonchev–Trinajstić information content (AvgIpc) is 2.21. The number of hydrogen-bond donors (Lipinski definition) is 1. The van der Waals surface area contributed by atoms with Crippen LogP contribution >= 0.6 is 11.8 Å². The zero-order chi connectivity index (χ0) is 10.6. The van der Waals surface area contributed by atoms with E-state index in [-0.39, 0.29) is 11.4 Å². The summed E-state index contributed by atoms with van der Waals surface area (Å²) in [6, 6.07) is 0. The number of ether oxygens (including phenoxy) is 1. The van der Waals surface area contributed by atoms with Crippen molar-refractivity contribution in [2.24, 2.45) is 5.41 Å². The summed E-state index contributed by atoms with van der Waals surface area (Å²) in [7, 11) is 1.44. The van der Waals surface area contributed by atoms with Crippen LogP contribution in [-0.4, -0.2) is 19.6 Å². The summed E-state index contributed by atoms with van der Waals surface area (Å²) < 4.78 is 4.78. The van der Waals surface area contributed by atoms with Gasteiger partial charge in [-0.1, -0.05) is 11.6 Å². The van der Waals surface area contributed by atoms with Gasteiger partial charge in [0, 0.05) is 6.54 Å². The topological polar surface area (TPSA) is 38.3 Å². The van der Waals surface area contributed by atoms with E-state index < -0.39 is 0 Å². The molecule has 1 aliphatic carbocycles. The van der Waals surface area contributed by atoms with Crippen molar-refractivity contribution in [1.29, 1.82) is 0 Å². The van der Waals surface area contributed by atoms with Crippen molar-refractivity contribution in [3.63, 3.8) is 0 Å². The second-order valence-electron chi connectivity index (χ2n) is 3.93. The predicted molar refractivity (Wildman–Crippen MR) is 55.9 cm³/mol. The van der Waals surface area contributed by atoms with Crippen LogP contribution < -0.4 is 4.84 Å². The maximum atomic E-state index is 11.5. The zero-order valence-corrected chi connectivity index (χ0v) is 9.36. The second kappa shape index (κ2) is 4.80. The highest BCUT2D eigenvalue weighted by Crippen LogP contribution is 2.35. The van der Waals surface area contributed by atoms with E-state index in [2.05, 4.69) is 10.9 Å². The molecule has 0 bridgehead atoms. The van der Waals surface area contributed by atoms with Gasteiger partial charge in [0.2, 0.25) is 0 Å². The van der Waals surface area contributed by atoms with Crippen molar-refractivity contribution < 1.29 is 9.53 Å². The van der Waals surface area contributed by atoms with Gasteiger partial charge in [-0.25, -0.2) is 4.84 Å². The van der Waals surface area contributed by atoms with Crippen LogP contribution in [0.5, 0.6) is 0 Å². The molecule has 0 aliphatic heterocycles. The summed E-state index contributed by atoms with van der Waals surface area (Å²) in [5, 5.41) is 0. The molecule has 4 heteroatoms. The Bertz CT molecular complexity index is 253. The van der Waals surface area contributed by atoms with E-state index in [0.717, 1.165) is 19.3 Å². The predicted octanol–water partition coefficient (Wildman–Crippen LogP) is 2.02. The first kappa shape index (κ1) is 11.5. The van der Waals surface area contributed by atoms with Crippen molar-refractivity contribution in [3.05, 3.63) is 11.6 Å². The summed E-state index contributed by atoms with van der Waals surface area (Å²) in [6.07, 6.45) is 4.57. The lowest BCUT2D eigenvalue weighted by molar-refractivity contribution is -0.152. The lowest BCUT2D eigenvalue weighted by atomic mass is 9.76. The molecule has 0 spiro atoms. The molecular formula is C10H16ClNO2. The number of methoxy groups -OCH3 is 1. The standard InChI is InChI=1S/C10H16ClNO2/c1-10(9(13)14-2)5-3-8(4-6-10)7-12-11/h3,12H,4-7H2,1-2H3. The quantitative estimate of drug-likeness (QED) is 0.447. The van der Waals surface area contributed by atoms with Crippen LogP contribution in [0.2, 0.25) is 0 Å². The summed E-state index contributed by atoms with van der Waals surface area (Å²) in [6.45, 7) is 2.64. The van der Waals surface area contributed by atoms with Gasteiger partial charge in [0.15, 0.2) is 0 Å². The number of carbonyl (C=O) groups excluding carboxylic acids is 1. The molecule has 0 saturated heterocycles. The normalized spacial score (nSPS) is 26.9. The van der Waals surface area contributed by atoms with Gasteiger partial charge < -0.3 is 4.74 Å². The Balaban J connectivity index is 2.60. The molecule has 1 atom stereocenters. The number of hydrogen-bond acceptors (Lipinski definition) is 3. The van der Waals surface area contributed by atoms with Crippen LogP contribution in [0.25, 0.3) is 0 Å². The molecule has 1 aliphatic rings. The maximum absolute atomic E-state index is 11.5. The lowest BCUT2D eigenvalue weighted by Crippen LogP contribution is -2.31. The van der Waals surface area contributed by atoms with E-state index in [1.807, 2.05) is 6.92 Å². The van der Waals surface area contributed by atoms with Gasteiger partial charge >= 0.3 is 5.97 Å². The van der Waals surface area contributed by atoms with Crippen LogP contribution in [-0.2, 0) is 9.53 Å². The van der Waals surface area contributed by atoms with Crippen molar-refractivity contribution in [1.82, 2.24) is 4.84 Å². The summed E-state index contributed by atoms with van der Waals surface area (Å²) in [4.78, 5) is 14.1. The number of halogens is 1. The Hall–Kier alpha value is -0.540. The first-order chi connectivity index (χ1) is 6.62. The van der Waals surface area contributed by atoms with Crippen molar-refractivity contribution in [3.8, 4) is 0 Å². The first-order valence-electron chi connectivity index (χ1n) is 4.72. The fourth-order valence-corrected chi connectivity index (χ4v) is 1.86. The molecule has 0 radical (unpaired) electrons. The van der Waals surface area contributed by atoms with Gasteiger partial charge in [-0.15, -0.1) is 0 Å². The zero-order valence-electron chi connectivity index (χ0n) is 8.60. The van der Waals surface area contributed by atoms with E-state index in [1.165, 1.54) is 12.7 Å². The summed E-state index contributed by atoms with van der Waals surface area (Å²) in [5.41, 5.74) is 0.922. The van der Waals surface area contributed by atoms with Gasteiger partial charge in [0.05, 0.1) is 12.5 Å². The van der Waals surface area contributed by atoms with E-state index in [1.54, 1.807) is 0 Å². The molecular weight excluding hydrogens is 202 g/mol. The molecule has 3 nitrogen and oxygen atoms in total. The lowest BCUT2D eigenvalue weighted by Gasteiger charge is -2.29. The van der Waals surface area contributed by atoms with E-state index in [4.69, 9.17) is 16.5 Å². The Morgan fingerprint density at radius 1 is 1.79 bits per heavy atom. The summed E-state index contributed by atoms with van der Waals surface area (Å²) in [5.74, 6) is -0.119. The Morgan fingerprint density at radius 3 is 2.93 bits per heavy atom. The van der Waals surface area contributed by atoms with Crippen molar-refractivity contribution in [2.45, 2.75) is 26.2 Å². The number of esters is 1. The molecule has 0 saturated carbocycles. The average molecular weight is 218 g/mol. The third-order valence-corrected chi connectivity index (χ3v) is 2.94. The minimum Gasteiger partial charge on any atom is -0.469 e. The minimum atomic E-state index is -0.343. The van der Waals surface area contributed by atoms with Gasteiger partial charge in [-0.2, -0.15) is 0 Å². The number of nitrogens with one attached hydrogen (secondary N) is 1. The Kier molecular flexibility index (Phi) is 3.96. The fourth-order valence-electron chi connectivity index (χ4n) is 1.69. The maximum Gasteiger partial charge on any atom is 0.311 e. The smallest absolute Gasteiger partial charge is 0.311 e. The van der Waals surface area contributed by atoms with Crippen LogP contribution in [0.1, 0.15) is 26.2 Å². The highest BCUT2D eigenvalue weighted by atomic mass is 35.5. The van der Waals surface area contributed by atoms with E-state index in [0.29, 0.717) is 6.54 Å². The molecule has 0 aromatic carbocycles. The molecule has 0 fully saturated rings. The van der Waals surface area contributed by atoms with Gasteiger partial charge in [-0.3, -0.25) is 4.79 Å². The first-order valence-corrected chi connectivity index (χ1v) is 5.10. The Labute approximate surface area is 89.6 Å². The molecule has 0 aromatic heterocycles. The van der Waals surface area contributed by atoms with Crippen LogP contribution in [0.4, 0.5) is 0 Å². The van der Waals surface area contributed by atoms with E-state index >= 15 is 0 Å². The number of allylic oxidation sites excluding steroid dienone is 1. The Morgan fingerprint density at radius 2 is 2.50 bits per heavy atom. The van der Waals surface area contributed by atoms with Crippen LogP contribution in [0.3, 0.4) is 0 Å². The minimum absolute atomic E-state index is 0.119. The number of rotatable bonds is 3. The van der Waals surface area contributed by atoms with Crippen LogP contribution in [0.15, 0.2) is 11.6 Å². The highest BCUT2D eigenvalue weighted by Gasteiger charge is 2.35. The second-order valence-corrected chi connectivity index (χ2v) is 4.20. The molecule has 1 rings (SSSR count). The molecule has 0 aromatic rings. The molecule has 14 heavy (non-hydrogen) atoms.